The molecule has 0 saturated heterocycles. The van der Waals surface area contributed by atoms with Gasteiger partial charge in [-0.3, -0.25) is 4.57 Å². The first kappa shape index (κ1) is 25.0. The van der Waals surface area contributed by atoms with Crippen LogP contribution in [0.4, 0.5) is 0 Å². The van der Waals surface area contributed by atoms with Gasteiger partial charge >= 0.3 is 0 Å². The van der Waals surface area contributed by atoms with Gasteiger partial charge < -0.3 is 5.73 Å². The summed E-state index contributed by atoms with van der Waals surface area (Å²) < 4.78 is 2.28. The second-order valence-corrected chi connectivity index (χ2v) is 9.05. The lowest BCUT2D eigenvalue weighted by molar-refractivity contribution is 0.959. The number of nitrogens with zero attached hydrogens (tertiary/aromatic N) is 2. The Labute approximate surface area is 214 Å². The number of para-hydroxylation sites is 1. The Morgan fingerprint density at radius 2 is 1.78 bits per heavy atom. The van der Waals surface area contributed by atoms with E-state index in [0.717, 1.165) is 52.1 Å². The molecular formula is C33H35N3. The van der Waals surface area contributed by atoms with Crippen LogP contribution in [-0.2, 0) is 0 Å². The average molecular weight is 474 g/mol. The minimum Gasteiger partial charge on any atom is -0.405 e. The van der Waals surface area contributed by atoms with Gasteiger partial charge in [-0.25, -0.2) is 4.98 Å². The summed E-state index contributed by atoms with van der Waals surface area (Å²) in [5, 5.41) is 2.47. The third-order valence-electron chi connectivity index (χ3n) is 6.30. The highest BCUT2D eigenvalue weighted by atomic mass is 15.1. The first-order valence-corrected chi connectivity index (χ1v) is 12.6. The van der Waals surface area contributed by atoms with Crippen LogP contribution in [0.2, 0.25) is 0 Å². The van der Waals surface area contributed by atoms with Gasteiger partial charge in [-0.1, -0.05) is 79.6 Å². The summed E-state index contributed by atoms with van der Waals surface area (Å²) >= 11 is 0. The van der Waals surface area contributed by atoms with Gasteiger partial charge in [0.25, 0.3) is 0 Å². The van der Waals surface area contributed by atoms with E-state index in [9.17, 15) is 0 Å². The molecule has 0 unspecified atom stereocenters. The smallest absolute Gasteiger partial charge is 0.138 e. The third kappa shape index (κ3) is 5.26. The van der Waals surface area contributed by atoms with Gasteiger partial charge in [0.2, 0.25) is 0 Å². The minimum atomic E-state index is 0.900. The molecule has 0 saturated carbocycles. The van der Waals surface area contributed by atoms with Crippen LogP contribution in [0.25, 0.3) is 38.8 Å². The SMILES string of the molecule is C\C=C/C=C(\C=C\CCC)c1cc(/C(C)=C/C=C\N)cc(-n2c3ccccc3c3cc(C)ccc32)n1. The molecule has 2 N–H and O–H groups in total. The van der Waals surface area contributed by atoms with E-state index in [4.69, 9.17) is 10.7 Å². The highest BCUT2D eigenvalue weighted by molar-refractivity contribution is 6.09. The quantitative estimate of drug-likeness (QED) is 0.260. The second kappa shape index (κ2) is 11.5. The molecule has 3 heteroatoms. The van der Waals surface area contributed by atoms with Crippen LogP contribution < -0.4 is 5.73 Å². The molecule has 0 atom stereocenters. The summed E-state index contributed by atoms with van der Waals surface area (Å²) in [5.41, 5.74) is 13.5. The maximum atomic E-state index is 5.63. The van der Waals surface area contributed by atoms with Gasteiger partial charge in [0.05, 0.1) is 16.7 Å². The van der Waals surface area contributed by atoms with E-state index in [2.05, 4.69) is 104 Å². The van der Waals surface area contributed by atoms with Gasteiger partial charge in [0, 0.05) is 10.8 Å². The van der Waals surface area contributed by atoms with E-state index < -0.39 is 0 Å². The van der Waals surface area contributed by atoms with E-state index >= 15 is 0 Å². The van der Waals surface area contributed by atoms with Crippen molar-refractivity contribution in [1.29, 1.82) is 0 Å². The van der Waals surface area contributed by atoms with Crippen LogP contribution in [0.1, 0.15) is 50.4 Å². The summed E-state index contributed by atoms with van der Waals surface area (Å²) in [7, 11) is 0. The molecule has 0 aliphatic rings. The monoisotopic (exact) mass is 473 g/mol. The molecule has 2 heterocycles. The number of pyridine rings is 1. The number of unbranched alkanes of at least 4 members (excludes halogenated alkanes) is 1. The standard InChI is InChI=1S/C33H35N3/c1-5-7-9-15-26(14-8-6-2)30-22-27(25(4)13-12-20-34)23-33(35-30)36-31-17-11-10-16-28(31)29-21-24(3)18-19-32(29)36/h6,8-23H,5,7,34H2,1-4H3/b8-6-,15-9+,20-12-,25-13+,26-14+. The summed E-state index contributed by atoms with van der Waals surface area (Å²) in [5.74, 6) is 0.900. The van der Waals surface area contributed by atoms with Crippen LogP contribution in [0.5, 0.6) is 0 Å². The van der Waals surface area contributed by atoms with Crippen molar-refractivity contribution >= 4 is 33.0 Å². The van der Waals surface area contributed by atoms with Crippen LogP contribution >= 0.6 is 0 Å². The number of benzene rings is 2. The Balaban J connectivity index is 2.04. The first-order chi connectivity index (χ1) is 17.6. The van der Waals surface area contributed by atoms with Crippen molar-refractivity contribution < 1.29 is 0 Å². The maximum absolute atomic E-state index is 5.63. The van der Waals surface area contributed by atoms with Crippen molar-refractivity contribution in [1.82, 2.24) is 9.55 Å². The molecule has 2 aromatic heterocycles. The Hall–Kier alpha value is -4.11. The van der Waals surface area contributed by atoms with Gasteiger partial charge in [-0.2, -0.15) is 0 Å². The fourth-order valence-corrected chi connectivity index (χ4v) is 4.44. The zero-order chi connectivity index (χ0) is 25.5. The normalized spacial score (nSPS) is 13.3. The van der Waals surface area contributed by atoms with Crippen molar-refractivity contribution in [2.75, 3.05) is 0 Å². The average Bonchev–Trinajstić information content (AvgIpc) is 3.22. The summed E-state index contributed by atoms with van der Waals surface area (Å²) in [4.78, 5) is 5.23. The molecule has 0 aliphatic carbocycles. The van der Waals surface area contributed by atoms with E-state index in [1.54, 1.807) is 6.20 Å². The molecule has 36 heavy (non-hydrogen) atoms. The molecular weight excluding hydrogens is 438 g/mol. The number of rotatable bonds is 8. The minimum absolute atomic E-state index is 0.900. The highest BCUT2D eigenvalue weighted by Gasteiger charge is 2.15. The highest BCUT2D eigenvalue weighted by Crippen LogP contribution is 2.33. The Morgan fingerprint density at radius 3 is 2.56 bits per heavy atom. The van der Waals surface area contributed by atoms with E-state index in [-0.39, 0.29) is 0 Å². The van der Waals surface area contributed by atoms with E-state index in [0.29, 0.717) is 0 Å². The largest absolute Gasteiger partial charge is 0.405 e. The molecule has 4 aromatic rings. The van der Waals surface area contributed by atoms with Gasteiger partial charge in [0.15, 0.2) is 0 Å². The van der Waals surface area contributed by atoms with Crippen molar-refractivity contribution in [2.45, 2.75) is 40.5 Å². The lowest BCUT2D eigenvalue weighted by atomic mass is 10.0. The number of nitrogens with two attached hydrogens (primary N) is 1. The number of aromatic nitrogens is 2. The Morgan fingerprint density at radius 1 is 0.972 bits per heavy atom. The topological polar surface area (TPSA) is 43.8 Å². The van der Waals surface area contributed by atoms with Crippen molar-refractivity contribution in [3.05, 3.63) is 120 Å². The fourth-order valence-electron chi connectivity index (χ4n) is 4.44. The van der Waals surface area contributed by atoms with Crippen LogP contribution in [0, 0.1) is 6.92 Å². The van der Waals surface area contributed by atoms with E-state index in [1.807, 2.05) is 25.2 Å². The molecule has 0 fully saturated rings. The Kier molecular flexibility index (Phi) is 8.02. The van der Waals surface area contributed by atoms with Crippen molar-refractivity contribution in [3.63, 3.8) is 0 Å². The maximum Gasteiger partial charge on any atom is 0.138 e. The summed E-state index contributed by atoms with van der Waals surface area (Å²) in [6.45, 7) is 8.48. The van der Waals surface area contributed by atoms with Crippen LogP contribution in [0.3, 0.4) is 0 Å². The predicted octanol–water partition coefficient (Wildman–Crippen LogP) is 8.68. The number of fused-ring (bicyclic) bond motifs is 3. The lowest BCUT2D eigenvalue weighted by Gasteiger charge is -2.13. The van der Waals surface area contributed by atoms with Gasteiger partial charge in [-0.15, -0.1) is 0 Å². The number of hydrogen-bond acceptors (Lipinski definition) is 2. The summed E-state index contributed by atoms with van der Waals surface area (Å²) in [6, 6.07) is 19.6. The number of aryl methyl sites for hydroxylation is 1. The fraction of sp³-hybridized carbons (Fsp3) is 0.182. The summed E-state index contributed by atoms with van der Waals surface area (Å²) in [6.07, 6.45) is 18.3. The molecule has 0 amide bonds. The van der Waals surface area contributed by atoms with Crippen LogP contribution in [0.15, 0.2) is 103 Å². The molecule has 182 valence electrons. The zero-order valence-electron chi connectivity index (χ0n) is 21.7. The number of hydrogen-bond donors (Lipinski definition) is 1. The van der Waals surface area contributed by atoms with E-state index in [1.165, 1.54) is 16.3 Å². The second-order valence-electron chi connectivity index (χ2n) is 9.05. The van der Waals surface area contributed by atoms with Gasteiger partial charge in [-0.05, 0) is 86.5 Å². The van der Waals surface area contributed by atoms with Crippen molar-refractivity contribution in [2.24, 2.45) is 5.73 Å². The molecule has 0 spiro atoms. The first-order valence-electron chi connectivity index (χ1n) is 12.6. The van der Waals surface area contributed by atoms with Gasteiger partial charge in [0.1, 0.15) is 5.82 Å². The number of allylic oxidation sites excluding steroid dienone is 9. The molecule has 0 radical (unpaired) electrons. The molecule has 0 aliphatic heterocycles. The zero-order valence-corrected chi connectivity index (χ0v) is 21.7. The van der Waals surface area contributed by atoms with Crippen molar-refractivity contribution in [3.8, 4) is 5.82 Å². The molecule has 2 aromatic carbocycles. The molecule has 3 nitrogen and oxygen atoms in total. The van der Waals surface area contributed by atoms with Crippen LogP contribution in [-0.4, -0.2) is 9.55 Å². The third-order valence-corrected chi connectivity index (χ3v) is 6.30. The molecule has 0 bridgehead atoms. The lowest BCUT2D eigenvalue weighted by Crippen LogP contribution is -2.02. The Bertz CT molecular complexity index is 1520. The molecule has 4 rings (SSSR count). The predicted molar refractivity (Wildman–Crippen MR) is 157 cm³/mol.